The second-order valence-electron chi connectivity index (χ2n) is 13.3. The Bertz CT molecular complexity index is 2230. The van der Waals surface area contributed by atoms with Crippen LogP contribution in [0.3, 0.4) is 0 Å². The Morgan fingerprint density at radius 1 is 0.750 bits per heavy atom. The number of pyridine rings is 2. The van der Waals surface area contributed by atoms with Crippen molar-refractivity contribution in [3.8, 4) is 33.6 Å². The Hall–Kier alpha value is -4.15. The number of hydrogen-bond donors (Lipinski definition) is 0. The quantitative estimate of drug-likeness (QED) is 0.124. The molecule has 0 saturated carbocycles. The predicted octanol–water partition coefficient (Wildman–Crippen LogP) is 11.5. The van der Waals surface area contributed by atoms with Gasteiger partial charge in [0.05, 0.1) is 13.7 Å². The molecule has 0 aliphatic carbocycles. The summed E-state index contributed by atoms with van der Waals surface area (Å²) >= 11 is 0. The van der Waals surface area contributed by atoms with Crippen molar-refractivity contribution >= 4 is 35.2 Å². The van der Waals surface area contributed by atoms with Crippen molar-refractivity contribution in [1.82, 2.24) is 9.97 Å². The Morgan fingerprint density at radius 2 is 1.50 bits per heavy atom. The number of nitrogens with zero attached hydrogens (tertiary/aromatic N) is 2. The third-order valence-corrected chi connectivity index (χ3v) is 10.4. The molecular formula is C43H42IrN2OSi-2. The number of benzene rings is 4. The van der Waals surface area contributed by atoms with Crippen molar-refractivity contribution in [2.24, 2.45) is 0 Å². The van der Waals surface area contributed by atoms with Gasteiger partial charge in [0.1, 0.15) is 5.58 Å². The fraction of sp³-hybridized carbons (Fsp3) is 0.209. The zero-order valence-electron chi connectivity index (χ0n) is 30.6. The van der Waals surface area contributed by atoms with E-state index in [1.165, 1.54) is 5.19 Å². The minimum absolute atomic E-state index is 0. The Balaban J connectivity index is 0.000000204. The van der Waals surface area contributed by atoms with Crippen LogP contribution in [0, 0.1) is 12.1 Å². The molecule has 0 spiro atoms. The maximum Gasteiger partial charge on any atom is 0.124 e. The van der Waals surface area contributed by atoms with E-state index in [2.05, 4.69) is 72.1 Å². The van der Waals surface area contributed by atoms with Gasteiger partial charge < -0.3 is 14.4 Å². The van der Waals surface area contributed by atoms with Crippen molar-refractivity contribution in [3.05, 3.63) is 139 Å². The van der Waals surface area contributed by atoms with Crippen molar-refractivity contribution in [2.45, 2.75) is 59.1 Å². The minimum Gasteiger partial charge on any atom is -0.477 e. The van der Waals surface area contributed by atoms with Gasteiger partial charge in [-0.3, -0.25) is 0 Å². The van der Waals surface area contributed by atoms with Crippen LogP contribution in [0.5, 0.6) is 0 Å². The summed E-state index contributed by atoms with van der Waals surface area (Å²) in [6.07, 6.45) is 3.74. The monoisotopic (exact) mass is 825 g/mol. The third-order valence-electron chi connectivity index (χ3n) is 8.35. The average Bonchev–Trinajstić information content (AvgIpc) is 3.46. The van der Waals surface area contributed by atoms with Gasteiger partial charge in [-0.05, 0) is 57.0 Å². The Morgan fingerprint density at radius 3 is 2.19 bits per heavy atom. The summed E-state index contributed by atoms with van der Waals surface area (Å²) in [6.45, 7) is 14.6. The molecule has 0 unspecified atom stereocenters. The summed E-state index contributed by atoms with van der Waals surface area (Å²) in [5.74, 6) is -1.28. The summed E-state index contributed by atoms with van der Waals surface area (Å²) < 4.78 is 22.9. The molecule has 0 amide bonds. The molecule has 0 fully saturated rings. The van der Waals surface area contributed by atoms with Crippen LogP contribution in [0.25, 0.3) is 55.6 Å². The van der Waals surface area contributed by atoms with Crippen LogP contribution in [0.2, 0.25) is 19.6 Å². The molecule has 3 aromatic heterocycles. The zero-order chi connectivity index (χ0) is 35.0. The molecule has 7 aromatic rings. The van der Waals surface area contributed by atoms with Crippen molar-refractivity contribution in [2.75, 3.05) is 0 Å². The zero-order valence-corrected chi connectivity index (χ0v) is 32.0. The van der Waals surface area contributed by atoms with E-state index in [1.807, 2.05) is 107 Å². The summed E-state index contributed by atoms with van der Waals surface area (Å²) in [7, 11) is -1.50. The van der Waals surface area contributed by atoms with Gasteiger partial charge in [0.15, 0.2) is 0 Å². The molecule has 0 aliphatic heterocycles. The molecule has 0 atom stereocenters. The first kappa shape index (κ1) is 32.4. The van der Waals surface area contributed by atoms with Crippen LogP contribution in [-0.2, 0) is 20.1 Å². The molecule has 7 rings (SSSR count). The van der Waals surface area contributed by atoms with Crippen LogP contribution >= 0.6 is 0 Å². The van der Waals surface area contributed by atoms with E-state index >= 15 is 0 Å². The number of rotatable bonds is 6. The normalized spacial score (nSPS) is 12.5. The number of hydrogen-bond acceptors (Lipinski definition) is 3. The number of fused-ring (bicyclic) bond motifs is 3. The van der Waals surface area contributed by atoms with E-state index in [4.69, 9.17) is 7.16 Å². The number of furan rings is 1. The van der Waals surface area contributed by atoms with E-state index in [-0.39, 0.29) is 20.1 Å². The van der Waals surface area contributed by atoms with Gasteiger partial charge >= 0.3 is 0 Å². The molecule has 0 saturated heterocycles. The second kappa shape index (κ2) is 14.9. The summed E-state index contributed by atoms with van der Waals surface area (Å²) in [5.41, 5.74) is 9.46. The van der Waals surface area contributed by atoms with E-state index in [0.717, 1.165) is 66.7 Å². The molecule has 0 bridgehead atoms. The first-order chi connectivity index (χ1) is 23.2. The summed E-state index contributed by atoms with van der Waals surface area (Å²) in [6, 6.07) is 41.0. The predicted molar refractivity (Wildman–Crippen MR) is 201 cm³/mol. The van der Waals surface area contributed by atoms with E-state index in [0.29, 0.717) is 0 Å². The molecule has 3 heterocycles. The van der Waals surface area contributed by atoms with Crippen molar-refractivity contribution in [1.29, 1.82) is 0 Å². The number of aromatic nitrogens is 2. The Kier molecular flexibility index (Phi) is 10.1. The van der Waals surface area contributed by atoms with E-state index in [1.54, 1.807) is 6.20 Å². The van der Waals surface area contributed by atoms with Crippen LogP contribution in [0.4, 0.5) is 0 Å². The van der Waals surface area contributed by atoms with Gasteiger partial charge in [-0.1, -0.05) is 125 Å². The molecule has 3 nitrogen and oxygen atoms in total. The van der Waals surface area contributed by atoms with Crippen LogP contribution in [-0.4, -0.2) is 18.0 Å². The topological polar surface area (TPSA) is 38.9 Å². The fourth-order valence-electron chi connectivity index (χ4n) is 5.82. The summed E-state index contributed by atoms with van der Waals surface area (Å²) in [5, 5.41) is 3.42. The average molecular weight is 825 g/mol. The van der Waals surface area contributed by atoms with Crippen LogP contribution in [0.15, 0.2) is 120 Å². The molecule has 0 N–H and O–H groups in total. The molecule has 1 radical (unpaired) electrons. The van der Waals surface area contributed by atoms with Gasteiger partial charge in [0.2, 0.25) is 0 Å². The van der Waals surface area contributed by atoms with Crippen LogP contribution < -0.4 is 5.19 Å². The van der Waals surface area contributed by atoms with Gasteiger partial charge in [0, 0.05) is 35.2 Å². The van der Waals surface area contributed by atoms with Gasteiger partial charge in [0.25, 0.3) is 0 Å². The van der Waals surface area contributed by atoms with Gasteiger partial charge in [-0.25, -0.2) is 0 Å². The fourth-order valence-corrected chi connectivity index (χ4v) is 7.40. The standard InChI is InChI=1S/C26H20NO.C17H22NSi.Ir/c1-17(2)19-13-14-27-23(15-19)20-11-12-22-25(16-20)28-24-10-6-9-21(26(22)24)18-7-4-3-5-8-18;1-13(2)15-11-16(14-9-7-6-8-10-14)18-12-17(15)19(3,4)5;/h3-15,17H,1-2H3;6-9,11-13H,1-5H3;/q2*-1;/i17D;13D;. The van der Waals surface area contributed by atoms with Crippen molar-refractivity contribution < 1.29 is 27.3 Å². The molecule has 0 aliphatic rings. The molecular weight excluding hydrogens is 781 g/mol. The van der Waals surface area contributed by atoms with Gasteiger partial charge in [-0.15, -0.1) is 53.6 Å². The maximum atomic E-state index is 8.44. The first-order valence-electron chi connectivity index (χ1n) is 17.1. The largest absolute Gasteiger partial charge is 0.477 e. The molecule has 5 heteroatoms. The molecule has 4 aromatic carbocycles. The van der Waals surface area contributed by atoms with Crippen LogP contribution in [0.1, 0.15) is 53.4 Å². The summed E-state index contributed by atoms with van der Waals surface area (Å²) in [4.78, 5) is 9.10. The van der Waals surface area contributed by atoms with E-state index < -0.39 is 19.9 Å². The molecule has 245 valence electrons. The van der Waals surface area contributed by atoms with Crippen molar-refractivity contribution in [3.63, 3.8) is 0 Å². The minimum atomic E-state index is -1.50. The first-order valence-corrected chi connectivity index (χ1v) is 19.6. The van der Waals surface area contributed by atoms with Gasteiger partial charge in [-0.2, -0.15) is 0 Å². The van der Waals surface area contributed by atoms with E-state index in [9.17, 15) is 0 Å². The maximum absolute atomic E-state index is 8.44. The Labute approximate surface area is 302 Å². The molecule has 48 heavy (non-hydrogen) atoms. The SMILES string of the molecule is [2H]C(C)(C)c1cc(-c2[c-]cccc2)ncc1[Si](C)(C)C.[2H]C(C)(C)c1ccnc(-c2[c-]c3oc4cccc(-c5ccccc5)c4c3cc2)c1.[Ir]. The third kappa shape index (κ3) is 7.60. The smallest absolute Gasteiger partial charge is 0.124 e. The second-order valence-corrected chi connectivity index (χ2v) is 18.4.